The smallest absolute Gasteiger partial charge is 0.338 e. The van der Waals surface area contributed by atoms with Gasteiger partial charge in [0.15, 0.2) is 4.80 Å². The van der Waals surface area contributed by atoms with Gasteiger partial charge in [0.05, 0.1) is 27.3 Å². The molecule has 0 N–H and O–H groups in total. The monoisotopic (exact) mass is 483 g/mol. The number of nitro groups is 1. The van der Waals surface area contributed by atoms with Gasteiger partial charge in [-0.05, 0) is 49.2 Å². The van der Waals surface area contributed by atoms with Crippen LogP contribution < -0.4 is 14.9 Å². The summed E-state index contributed by atoms with van der Waals surface area (Å²) in [5.41, 5.74) is 1.51. The molecule has 2 heterocycles. The number of hydrogen-bond donors (Lipinski definition) is 0. The van der Waals surface area contributed by atoms with E-state index < -0.39 is 16.9 Å². The number of esters is 1. The van der Waals surface area contributed by atoms with Crippen LogP contribution in [0.4, 0.5) is 5.69 Å². The van der Waals surface area contributed by atoms with Gasteiger partial charge >= 0.3 is 5.97 Å². The second-order valence-electron chi connectivity index (χ2n) is 7.17. The molecule has 4 rings (SSSR count). The van der Waals surface area contributed by atoms with E-state index in [2.05, 4.69) is 4.99 Å². The first-order valence-corrected chi connectivity index (χ1v) is 11.2. The highest BCUT2D eigenvalue weighted by Gasteiger charge is 2.34. The van der Waals surface area contributed by atoms with Crippen molar-refractivity contribution in [3.63, 3.8) is 0 Å². The third kappa shape index (κ3) is 4.24. The highest BCUT2D eigenvalue weighted by molar-refractivity contribution is 7.07. The summed E-state index contributed by atoms with van der Waals surface area (Å²) < 4.78 is 7.08. The van der Waals surface area contributed by atoms with Crippen LogP contribution in [0.15, 0.2) is 69.6 Å². The predicted octanol–water partition coefficient (Wildman–Crippen LogP) is 3.36. The molecule has 10 heteroatoms. The van der Waals surface area contributed by atoms with Gasteiger partial charge in [-0.25, -0.2) is 9.79 Å². The van der Waals surface area contributed by atoms with Gasteiger partial charge < -0.3 is 4.74 Å². The normalized spacial score (nSPS) is 15.7. The van der Waals surface area contributed by atoms with Crippen LogP contribution in [0.2, 0.25) is 5.02 Å². The molecule has 2 aromatic carbocycles. The average molecular weight is 484 g/mol. The molecule has 1 atom stereocenters. The maximum absolute atomic E-state index is 13.5. The van der Waals surface area contributed by atoms with Crippen LogP contribution in [-0.4, -0.2) is 22.1 Å². The Kier molecular flexibility index (Phi) is 6.26. The van der Waals surface area contributed by atoms with Crippen molar-refractivity contribution in [1.29, 1.82) is 0 Å². The zero-order valence-electron chi connectivity index (χ0n) is 17.6. The molecule has 168 valence electrons. The Morgan fingerprint density at radius 2 is 1.97 bits per heavy atom. The zero-order chi connectivity index (χ0) is 23.7. The molecule has 8 nitrogen and oxygen atoms in total. The number of hydrogen-bond acceptors (Lipinski definition) is 7. The van der Waals surface area contributed by atoms with Gasteiger partial charge in [-0.2, -0.15) is 0 Å². The lowest BCUT2D eigenvalue weighted by Crippen LogP contribution is -2.40. The predicted molar refractivity (Wildman–Crippen MR) is 125 cm³/mol. The molecule has 0 spiro atoms. The minimum absolute atomic E-state index is 0.0398. The molecule has 1 aliphatic rings. The Balaban J connectivity index is 1.93. The SMILES string of the molecule is CCOC(=O)C1=C(C)N=c2s/c(=C\c3ccc([N+](=O)[O-])cc3)c(=O)n2[C@@H]1c1ccccc1Cl. The largest absolute Gasteiger partial charge is 0.463 e. The number of nitro benzene ring substituents is 1. The van der Waals surface area contributed by atoms with E-state index in [-0.39, 0.29) is 23.4 Å². The number of rotatable bonds is 5. The van der Waals surface area contributed by atoms with E-state index in [1.54, 1.807) is 56.3 Å². The summed E-state index contributed by atoms with van der Waals surface area (Å²) >= 11 is 7.64. The van der Waals surface area contributed by atoms with Crippen molar-refractivity contribution in [2.45, 2.75) is 19.9 Å². The van der Waals surface area contributed by atoms with Gasteiger partial charge in [-0.1, -0.05) is 41.1 Å². The number of non-ortho nitro benzene ring substituents is 1. The highest BCUT2D eigenvalue weighted by Crippen LogP contribution is 2.34. The van der Waals surface area contributed by atoms with Crippen LogP contribution in [0.1, 0.15) is 31.0 Å². The van der Waals surface area contributed by atoms with E-state index >= 15 is 0 Å². The van der Waals surface area contributed by atoms with Crippen LogP contribution in [0, 0.1) is 10.1 Å². The van der Waals surface area contributed by atoms with Crippen molar-refractivity contribution in [3.05, 3.63) is 106 Å². The zero-order valence-corrected chi connectivity index (χ0v) is 19.2. The van der Waals surface area contributed by atoms with Gasteiger partial charge in [-0.3, -0.25) is 19.5 Å². The number of benzene rings is 2. The second kappa shape index (κ2) is 9.13. The molecule has 1 aromatic heterocycles. The van der Waals surface area contributed by atoms with Crippen molar-refractivity contribution in [2.75, 3.05) is 6.61 Å². The number of carbonyl (C=O) groups excluding carboxylic acids is 1. The maximum atomic E-state index is 13.5. The minimum atomic E-state index is -0.798. The van der Waals surface area contributed by atoms with Crippen LogP contribution in [0.5, 0.6) is 0 Å². The number of fused-ring (bicyclic) bond motifs is 1. The molecule has 0 unspecified atom stereocenters. The van der Waals surface area contributed by atoms with Crippen molar-refractivity contribution < 1.29 is 14.5 Å². The Bertz CT molecular complexity index is 1470. The number of nitrogens with zero attached hydrogens (tertiary/aromatic N) is 3. The van der Waals surface area contributed by atoms with E-state index in [4.69, 9.17) is 16.3 Å². The van der Waals surface area contributed by atoms with Crippen LogP contribution in [-0.2, 0) is 9.53 Å². The summed E-state index contributed by atoms with van der Waals surface area (Å²) in [6.07, 6.45) is 1.64. The molecule has 0 saturated heterocycles. The number of aromatic nitrogens is 1. The molecule has 33 heavy (non-hydrogen) atoms. The van der Waals surface area contributed by atoms with Crippen molar-refractivity contribution in [3.8, 4) is 0 Å². The van der Waals surface area contributed by atoms with E-state index in [0.717, 1.165) is 0 Å². The number of carbonyl (C=O) groups is 1. The Labute approximate surface area is 196 Å². The molecule has 0 aliphatic carbocycles. The standard InChI is InChI=1S/C23H18ClN3O5S/c1-3-32-22(29)19-13(2)25-23-26(20(19)16-6-4-5-7-17(16)24)21(28)18(33-23)12-14-8-10-15(11-9-14)27(30)31/h4-12,20H,3H2,1-2H3/b18-12-/t20-/m1/s1. The summed E-state index contributed by atoms with van der Waals surface area (Å²) in [4.78, 5) is 41.7. The fraction of sp³-hybridized carbons (Fsp3) is 0.174. The van der Waals surface area contributed by atoms with E-state index in [1.807, 2.05) is 0 Å². The average Bonchev–Trinajstić information content (AvgIpc) is 3.08. The number of ether oxygens (including phenoxy) is 1. The lowest BCUT2D eigenvalue weighted by Gasteiger charge is -2.25. The summed E-state index contributed by atoms with van der Waals surface area (Å²) in [6, 6.07) is 12.1. The fourth-order valence-corrected chi connectivity index (χ4v) is 4.91. The van der Waals surface area contributed by atoms with Crippen molar-refractivity contribution >= 4 is 40.7 Å². The quantitative estimate of drug-likeness (QED) is 0.314. The molecule has 1 aliphatic heterocycles. The number of thiazole rings is 1. The Morgan fingerprint density at radius 3 is 2.61 bits per heavy atom. The molecule has 3 aromatic rings. The van der Waals surface area contributed by atoms with E-state index in [1.165, 1.54) is 28.0 Å². The Hall–Kier alpha value is -3.56. The van der Waals surface area contributed by atoms with Crippen LogP contribution >= 0.6 is 22.9 Å². The summed E-state index contributed by atoms with van der Waals surface area (Å²) in [7, 11) is 0. The van der Waals surface area contributed by atoms with Crippen molar-refractivity contribution in [1.82, 2.24) is 4.57 Å². The molecular formula is C23H18ClN3O5S. The van der Waals surface area contributed by atoms with Gasteiger partial charge in [-0.15, -0.1) is 0 Å². The number of halogens is 1. The summed E-state index contributed by atoms with van der Waals surface area (Å²) in [5, 5.41) is 11.3. The van der Waals surface area contributed by atoms with Gasteiger partial charge in [0.1, 0.15) is 6.04 Å². The topological polar surface area (TPSA) is 104 Å². The summed E-state index contributed by atoms with van der Waals surface area (Å²) in [5.74, 6) is -0.562. The maximum Gasteiger partial charge on any atom is 0.338 e. The van der Waals surface area contributed by atoms with Crippen LogP contribution in [0.3, 0.4) is 0 Å². The first kappa shape index (κ1) is 22.6. The van der Waals surface area contributed by atoms with E-state index in [9.17, 15) is 19.7 Å². The third-order valence-electron chi connectivity index (χ3n) is 5.12. The van der Waals surface area contributed by atoms with Gasteiger partial charge in [0.25, 0.3) is 11.2 Å². The Morgan fingerprint density at radius 1 is 1.27 bits per heavy atom. The first-order valence-electron chi connectivity index (χ1n) is 10.0. The first-order chi connectivity index (χ1) is 15.8. The number of allylic oxidation sites excluding steroid dienone is 1. The minimum Gasteiger partial charge on any atom is -0.463 e. The highest BCUT2D eigenvalue weighted by atomic mass is 35.5. The third-order valence-corrected chi connectivity index (χ3v) is 6.45. The molecule has 0 radical (unpaired) electrons. The molecule has 0 bridgehead atoms. The van der Waals surface area contributed by atoms with Crippen LogP contribution in [0.25, 0.3) is 6.08 Å². The van der Waals surface area contributed by atoms with E-state index in [0.29, 0.717) is 31.2 Å². The van der Waals surface area contributed by atoms with Gasteiger partial charge in [0, 0.05) is 17.2 Å². The molecular weight excluding hydrogens is 466 g/mol. The lowest BCUT2D eigenvalue weighted by atomic mass is 9.96. The summed E-state index contributed by atoms with van der Waals surface area (Å²) in [6.45, 7) is 3.58. The molecule has 0 fully saturated rings. The fourth-order valence-electron chi connectivity index (χ4n) is 3.63. The second-order valence-corrected chi connectivity index (χ2v) is 8.59. The molecule has 0 amide bonds. The van der Waals surface area contributed by atoms with Gasteiger partial charge in [0.2, 0.25) is 0 Å². The lowest BCUT2D eigenvalue weighted by molar-refractivity contribution is -0.384. The van der Waals surface area contributed by atoms with Crippen molar-refractivity contribution in [2.24, 2.45) is 4.99 Å². The molecule has 0 saturated carbocycles.